The molecule has 0 N–H and O–H groups in total. The van der Waals surface area contributed by atoms with Crippen molar-refractivity contribution in [1.82, 2.24) is 4.90 Å². The summed E-state index contributed by atoms with van der Waals surface area (Å²) in [6, 6.07) is 14.7. The molecule has 1 saturated heterocycles. The molecule has 0 atom stereocenters. The number of hydrogen-bond donors (Lipinski definition) is 0. The second kappa shape index (κ2) is 8.52. The van der Waals surface area contributed by atoms with Gasteiger partial charge in [-0.1, -0.05) is 12.1 Å². The molecule has 0 aromatic heterocycles. The van der Waals surface area contributed by atoms with Gasteiger partial charge in [0.2, 0.25) is 0 Å². The summed E-state index contributed by atoms with van der Waals surface area (Å²) in [6.45, 7) is 4.07. The highest BCUT2D eigenvalue weighted by molar-refractivity contribution is 5.65. The number of anilines is 1. The fourth-order valence-electron chi connectivity index (χ4n) is 3.37. The molecule has 3 rings (SSSR count). The molecule has 27 heavy (non-hydrogen) atoms. The summed E-state index contributed by atoms with van der Waals surface area (Å²) in [7, 11) is 1.65. The fraction of sp³-hybridized carbons (Fsp3) is 0.350. The molecule has 0 spiro atoms. The van der Waals surface area contributed by atoms with Crippen molar-refractivity contribution < 1.29 is 9.66 Å². The molecule has 1 fully saturated rings. The summed E-state index contributed by atoms with van der Waals surface area (Å²) in [5, 5.41) is 20.4. The van der Waals surface area contributed by atoms with Crippen molar-refractivity contribution in [1.29, 1.82) is 5.26 Å². The molecule has 7 nitrogen and oxygen atoms in total. The van der Waals surface area contributed by atoms with E-state index in [0.29, 0.717) is 17.8 Å². The van der Waals surface area contributed by atoms with Crippen LogP contribution in [0.1, 0.15) is 17.5 Å². The Balaban J connectivity index is 1.69. The van der Waals surface area contributed by atoms with Gasteiger partial charge in [-0.3, -0.25) is 15.0 Å². The van der Waals surface area contributed by atoms with E-state index < -0.39 is 4.92 Å². The van der Waals surface area contributed by atoms with Crippen LogP contribution in [0.4, 0.5) is 11.4 Å². The lowest BCUT2D eigenvalue weighted by molar-refractivity contribution is -0.384. The van der Waals surface area contributed by atoms with Gasteiger partial charge in [0.25, 0.3) is 5.69 Å². The first-order valence-electron chi connectivity index (χ1n) is 8.89. The molecule has 1 heterocycles. The van der Waals surface area contributed by atoms with Crippen LogP contribution in [0.15, 0.2) is 42.5 Å². The van der Waals surface area contributed by atoms with Crippen LogP contribution < -0.4 is 9.64 Å². The van der Waals surface area contributed by atoms with Crippen molar-refractivity contribution in [2.45, 2.75) is 13.0 Å². The third-order valence-corrected chi connectivity index (χ3v) is 4.80. The van der Waals surface area contributed by atoms with Crippen LogP contribution in [0.5, 0.6) is 5.75 Å². The summed E-state index contributed by atoms with van der Waals surface area (Å²) < 4.78 is 5.19. The van der Waals surface area contributed by atoms with Crippen LogP contribution in [0.25, 0.3) is 0 Å². The number of hydrogen-bond acceptors (Lipinski definition) is 6. The van der Waals surface area contributed by atoms with Crippen LogP contribution in [0.2, 0.25) is 0 Å². The molecule has 0 radical (unpaired) electrons. The summed E-state index contributed by atoms with van der Waals surface area (Å²) in [6.07, 6.45) is 0.924. The van der Waals surface area contributed by atoms with Gasteiger partial charge in [0.1, 0.15) is 11.4 Å². The smallest absolute Gasteiger partial charge is 0.293 e. The van der Waals surface area contributed by atoms with Crippen LogP contribution >= 0.6 is 0 Å². The second-order valence-electron chi connectivity index (χ2n) is 6.54. The predicted octanol–water partition coefficient (Wildman–Crippen LogP) is 3.19. The Bertz CT molecular complexity index is 845. The highest BCUT2D eigenvalue weighted by Crippen LogP contribution is 2.30. The van der Waals surface area contributed by atoms with Gasteiger partial charge in [-0.05, 0) is 36.2 Å². The first kappa shape index (κ1) is 18.7. The highest BCUT2D eigenvalue weighted by Gasteiger charge is 2.23. The zero-order valence-corrected chi connectivity index (χ0v) is 15.3. The number of ether oxygens (including phenoxy) is 1. The number of benzene rings is 2. The molecule has 0 aliphatic carbocycles. The molecular formula is C20H22N4O3. The molecule has 140 valence electrons. The lowest BCUT2D eigenvalue weighted by Crippen LogP contribution is -2.30. The van der Waals surface area contributed by atoms with Gasteiger partial charge in [-0.15, -0.1) is 0 Å². The minimum Gasteiger partial charge on any atom is -0.497 e. The van der Waals surface area contributed by atoms with Gasteiger partial charge in [-0.2, -0.15) is 5.26 Å². The van der Waals surface area contributed by atoms with Gasteiger partial charge in [0.15, 0.2) is 0 Å². The molecular weight excluding hydrogens is 344 g/mol. The Labute approximate surface area is 158 Å². The minimum atomic E-state index is -0.407. The molecule has 1 aliphatic heterocycles. The van der Waals surface area contributed by atoms with Gasteiger partial charge < -0.3 is 9.64 Å². The monoisotopic (exact) mass is 366 g/mol. The molecule has 2 aromatic rings. The van der Waals surface area contributed by atoms with E-state index in [4.69, 9.17) is 10.00 Å². The maximum atomic E-state index is 11.4. The number of nitrogens with zero attached hydrogens (tertiary/aromatic N) is 4. The molecule has 0 bridgehead atoms. The zero-order valence-electron chi connectivity index (χ0n) is 15.3. The van der Waals surface area contributed by atoms with Crippen LogP contribution in [-0.2, 0) is 6.54 Å². The molecule has 0 unspecified atom stereocenters. The largest absolute Gasteiger partial charge is 0.497 e. The standard InChI is InChI=1S/C20H22N4O3/c1-27-18-6-3-16(4-7-18)15-22-9-2-10-23(12-11-22)19-8-5-17(14-21)13-20(19)24(25)26/h3-8,13H,2,9-12,15H2,1H3. The average molecular weight is 366 g/mol. The first-order chi connectivity index (χ1) is 13.1. The summed E-state index contributed by atoms with van der Waals surface area (Å²) >= 11 is 0. The Morgan fingerprint density at radius 3 is 2.59 bits per heavy atom. The maximum Gasteiger partial charge on any atom is 0.293 e. The predicted molar refractivity (Wildman–Crippen MR) is 103 cm³/mol. The normalized spacial score (nSPS) is 15.0. The number of nitro groups is 1. The Morgan fingerprint density at radius 1 is 1.15 bits per heavy atom. The second-order valence-corrected chi connectivity index (χ2v) is 6.54. The molecule has 2 aromatic carbocycles. The third-order valence-electron chi connectivity index (χ3n) is 4.80. The summed E-state index contributed by atoms with van der Waals surface area (Å²) in [5.41, 5.74) is 2.11. The van der Waals surface area contributed by atoms with E-state index in [0.717, 1.165) is 38.3 Å². The van der Waals surface area contributed by atoms with Crippen molar-refractivity contribution in [3.8, 4) is 11.8 Å². The number of rotatable bonds is 5. The van der Waals surface area contributed by atoms with E-state index in [-0.39, 0.29) is 5.69 Å². The van der Waals surface area contributed by atoms with Crippen LogP contribution in [0, 0.1) is 21.4 Å². The molecule has 0 amide bonds. The minimum absolute atomic E-state index is 0.00217. The molecule has 0 saturated carbocycles. The highest BCUT2D eigenvalue weighted by atomic mass is 16.6. The Kier molecular flexibility index (Phi) is 5.89. The van der Waals surface area contributed by atoms with Crippen molar-refractivity contribution in [2.75, 3.05) is 38.2 Å². The average Bonchev–Trinajstić information content (AvgIpc) is 2.93. The lowest BCUT2D eigenvalue weighted by atomic mass is 10.1. The van der Waals surface area contributed by atoms with E-state index >= 15 is 0 Å². The lowest BCUT2D eigenvalue weighted by Gasteiger charge is -2.23. The zero-order chi connectivity index (χ0) is 19.2. The Hall–Kier alpha value is -3.11. The number of methoxy groups -OCH3 is 1. The fourth-order valence-corrected chi connectivity index (χ4v) is 3.37. The maximum absolute atomic E-state index is 11.4. The van der Waals surface area contributed by atoms with E-state index in [1.807, 2.05) is 23.1 Å². The van der Waals surface area contributed by atoms with Gasteiger partial charge in [0, 0.05) is 38.8 Å². The van der Waals surface area contributed by atoms with Gasteiger partial charge in [0.05, 0.1) is 23.7 Å². The number of nitriles is 1. The van der Waals surface area contributed by atoms with Crippen molar-refractivity contribution in [3.63, 3.8) is 0 Å². The van der Waals surface area contributed by atoms with Gasteiger partial charge >= 0.3 is 0 Å². The SMILES string of the molecule is COc1ccc(CN2CCCN(c3ccc(C#N)cc3[N+](=O)[O-])CC2)cc1. The van der Waals surface area contributed by atoms with Crippen molar-refractivity contribution >= 4 is 11.4 Å². The van der Waals surface area contributed by atoms with Crippen molar-refractivity contribution in [3.05, 3.63) is 63.7 Å². The van der Waals surface area contributed by atoms with Gasteiger partial charge in [-0.25, -0.2) is 0 Å². The van der Waals surface area contributed by atoms with E-state index in [9.17, 15) is 10.1 Å². The topological polar surface area (TPSA) is 82.6 Å². The molecule has 1 aliphatic rings. The number of nitro benzene ring substituents is 1. The first-order valence-corrected chi connectivity index (χ1v) is 8.89. The van der Waals surface area contributed by atoms with E-state index in [2.05, 4.69) is 17.0 Å². The molecule has 7 heteroatoms. The van der Waals surface area contributed by atoms with E-state index in [1.54, 1.807) is 19.2 Å². The third kappa shape index (κ3) is 4.54. The Morgan fingerprint density at radius 2 is 1.93 bits per heavy atom. The quantitative estimate of drug-likeness (QED) is 0.597. The summed E-state index contributed by atoms with van der Waals surface area (Å²) in [5.74, 6) is 0.842. The van der Waals surface area contributed by atoms with Crippen molar-refractivity contribution in [2.24, 2.45) is 0 Å². The van der Waals surface area contributed by atoms with E-state index in [1.165, 1.54) is 11.6 Å². The summed E-state index contributed by atoms with van der Waals surface area (Å²) in [4.78, 5) is 15.4. The van der Waals surface area contributed by atoms with Crippen LogP contribution in [-0.4, -0.2) is 43.1 Å². The van der Waals surface area contributed by atoms with Crippen LogP contribution in [0.3, 0.4) is 0 Å².